The van der Waals surface area contributed by atoms with Gasteiger partial charge in [0.2, 0.25) is 0 Å². The molecule has 4 nitrogen and oxygen atoms in total. The number of hydrogen-bond acceptors (Lipinski definition) is 3. The topological polar surface area (TPSA) is 83.6 Å². The lowest BCUT2D eigenvalue weighted by atomic mass is 9.94. The van der Waals surface area contributed by atoms with E-state index >= 15 is 0 Å². The van der Waals surface area contributed by atoms with Crippen LogP contribution in [0, 0.1) is 0 Å². The van der Waals surface area contributed by atoms with Crippen LogP contribution in [0.2, 0.25) is 0 Å². The Morgan fingerprint density at radius 2 is 1.50 bits per heavy atom. The second kappa shape index (κ2) is 10.4. The van der Waals surface area contributed by atoms with Crippen LogP contribution in [0.15, 0.2) is 36.4 Å². The molecule has 2 rings (SSSR count). The zero-order valence-corrected chi connectivity index (χ0v) is 18.7. The standard InChI is InChI=1S/C21H29F3NO3PS/c1-20(25,14-15-29(26,27)28)13-12-19-11-10-18(30-19)5-3-2-4-16-6-8-17(9-7-16)21(22,23)24/h6-11H,2-5,12-15,25H2,1H3,(H2,26,27,28). The third-order valence-corrected chi connectivity index (χ3v) is 7.06. The van der Waals surface area contributed by atoms with E-state index in [0.29, 0.717) is 6.42 Å². The maximum atomic E-state index is 12.6. The number of benzene rings is 1. The molecule has 0 radical (unpaired) electrons. The molecular formula is C21H29F3NO3PS. The Labute approximate surface area is 179 Å². The molecule has 0 bridgehead atoms. The van der Waals surface area contributed by atoms with Crippen molar-refractivity contribution >= 4 is 18.9 Å². The minimum absolute atomic E-state index is 0.200. The number of nitrogens with two attached hydrogens (primary N) is 1. The second-order valence-corrected chi connectivity index (χ2v) is 11.1. The van der Waals surface area contributed by atoms with Crippen molar-refractivity contribution in [1.29, 1.82) is 0 Å². The zero-order valence-electron chi connectivity index (χ0n) is 17.0. The number of aryl methyl sites for hydroxylation is 3. The van der Waals surface area contributed by atoms with E-state index in [-0.39, 0.29) is 12.6 Å². The summed E-state index contributed by atoms with van der Waals surface area (Å²) in [4.78, 5) is 20.5. The summed E-state index contributed by atoms with van der Waals surface area (Å²) in [5, 5.41) is 0. The fraction of sp³-hybridized carbons (Fsp3) is 0.524. The van der Waals surface area contributed by atoms with E-state index in [4.69, 9.17) is 15.5 Å². The SMILES string of the molecule is CC(N)(CCc1ccc(CCCCc2ccc(C(F)(F)F)cc2)s1)CCP(=O)(O)O. The first kappa shape index (κ1) is 25.1. The Bertz CT molecular complexity index is 844. The Balaban J connectivity index is 1.71. The minimum Gasteiger partial charge on any atom is -0.325 e. The van der Waals surface area contributed by atoms with Crippen molar-refractivity contribution in [3.63, 3.8) is 0 Å². The molecule has 2 aromatic rings. The highest BCUT2D eigenvalue weighted by Gasteiger charge is 2.29. The largest absolute Gasteiger partial charge is 0.416 e. The number of halogens is 3. The van der Waals surface area contributed by atoms with E-state index in [1.807, 2.05) is 6.92 Å². The molecule has 0 spiro atoms. The van der Waals surface area contributed by atoms with Gasteiger partial charge in [-0.1, -0.05) is 12.1 Å². The number of alkyl halides is 3. The van der Waals surface area contributed by atoms with Gasteiger partial charge in [-0.2, -0.15) is 13.2 Å². The summed E-state index contributed by atoms with van der Waals surface area (Å²) >= 11 is 1.71. The molecule has 9 heteroatoms. The van der Waals surface area contributed by atoms with Crippen molar-refractivity contribution in [2.75, 3.05) is 6.16 Å². The van der Waals surface area contributed by atoms with E-state index < -0.39 is 24.9 Å². The number of hydrogen-bond donors (Lipinski definition) is 3. The van der Waals surface area contributed by atoms with Gasteiger partial charge in [0, 0.05) is 15.3 Å². The number of thiophene rings is 1. The van der Waals surface area contributed by atoms with Crippen LogP contribution in [0.25, 0.3) is 0 Å². The molecule has 0 fully saturated rings. The molecule has 4 N–H and O–H groups in total. The van der Waals surface area contributed by atoms with Crippen molar-refractivity contribution in [2.24, 2.45) is 5.73 Å². The Morgan fingerprint density at radius 1 is 0.933 bits per heavy atom. The van der Waals surface area contributed by atoms with Gasteiger partial charge in [-0.05, 0) is 81.7 Å². The molecule has 0 aliphatic rings. The molecule has 1 unspecified atom stereocenters. The van der Waals surface area contributed by atoms with Gasteiger partial charge in [0.15, 0.2) is 0 Å². The molecule has 1 atom stereocenters. The minimum atomic E-state index is -4.30. The van der Waals surface area contributed by atoms with E-state index in [2.05, 4.69) is 12.1 Å². The summed E-state index contributed by atoms with van der Waals surface area (Å²) in [6.45, 7) is 1.82. The van der Waals surface area contributed by atoms with Crippen LogP contribution in [-0.2, 0) is 30.0 Å². The van der Waals surface area contributed by atoms with Crippen LogP contribution < -0.4 is 5.73 Å². The van der Waals surface area contributed by atoms with Crippen LogP contribution in [-0.4, -0.2) is 21.5 Å². The van der Waals surface area contributed by atoms with Gasteiger partial charge in [-0.3, -0.25) is 4.57 Å². The highest BCUT2D eigenvalue weighted by atomic mass is 32.1. The molecule has 168 valence electrons. The predicted molar refractivity (Wildman–Crippen MR) is 115 cm³/mol. The van der Waals surface area contributed by atoms with Crippen LogP contribution >= 0.6 is 18.9 Å². The van der Waals surface area contributed by atoms with Gasteiger partial charge in [0.25, 0.3) is 0 Å². The number of unbranched alkanes of at least 4 members (excludes halogenated alkanes) is 1. The summed E-state index contributed by atoms with van der Waals surface area (Å²) in [5.74, 6) is 0. The van der Waals surface area contributed by atoms with Crippen LogP contribution in [0.3, 0.4) is 0 Å². The number of rotatable bonds is 11. The van der Waals surface area contributed by atoms with E-state index in [1.165, 1.54) is 9.75 Å². The van der Waals surface area contributed by atoms with Crippen LogP contribution in [0.4, 0.5) is 13.2 Å². The third-order valence-electron chi connectivity index (χ3n) is 5.05. The molecule has 0 aliphatic heterocycles. The van der Waals surface area contributed by atoms with E-state index in [0.717, 1.165) is 49.8 Å². The normalized spacial score (nSPS) is 14.6. The molecule has 30 heavy (non-hydrogen) atoms. The Hall–Kier alpha value is -1.18. The van der Waals surface area contributed by atoms with Gasteiger partial charge >= 0.3 is 13.8 Å². The quantitative estimate of drug-likeness (QED) is 0.301. The molecule has 1 heterocycles. The first-order valence-electron chi connectivity index (χ1n) is 9.91. The van der Waals surface area contributed by atoms with Gasteiger partial charge in [0.1, 0.15) is 0 Å². The molecule has 1 aromatic heterocycles. The monoisotopic (exact) mass is 463 g/mol. The molecule has 0 saturated heterocycles. The van der Waals surface area contributed by atoms with Crippen molar-refractivity contribution < 1.29 is 27.5 Å². The van der Waals surface area contributed by atoms with Gasteiger partial charge in [0.05, 0.1) is 11.7 Å². The fourth-order valence-electron chi connectivity index (χ4n) is 3.11. The van der Waals surface area contributed by atoms with Gasteiger partial charge < -0.3 is 15.5 Å². The maximum Gasteiger partial charge on any atom is 0.416 e. The van der Waals surface area contributed by atoms with Crippen molar-refractivity contribution in [1.82, 2.24) is 0 Å². The van der Waals surface area contributed by atoms with Crippen molar-refractivity contribution in [3.05, 3.63) is 57.3 Å². The average molecular weight is 464 g/mol. The van der Waals surface area contributed by atoms with Crippen molar-refractivity contribution in [3.8, 4) is 0 Å². The van der Waals surface area contributed by atoms with Crippen LogP contribution in [0.5, 0.6) is 0 Å². The molecule has 0 amide bonds. The van der Waals surface area contributed by atoms with E-state index in [1.54, 1.807) is 23.5 Å². The Kier molecular flexibility index (Phi) is 8.71. The average Bonchev–Trinajstić information content (AvgIpc) is 3.09. The molecule has 1 aromatic carbocycles. The lowest BCUT2D eigenvalue weighted by Gasteiger charge is -2.24. The second-order valence-electron chi connectivity index (χ2n) is 8.06. The summed E-state index contributed by atoms with van der Waals surface area (Å²) in [5.41, 5.74) is 5.84. The first-order chi connectivity index (χ1) is 13.8. The summed E-state index contributed by atoms with van der Waals surface area (Å²) in [7, 11) is -4.03. The smallest absolute Gasteiger partial charge is 0.325 e. The Morgan fingerprint density at radius 3 is 2.07 bits per heavy atom. The maximum absolute atomic E-state index is 12.6. The third kappa shape index (κ3) is 9.31. The first-order valence-corrected chi connectivity index (χ1v) is 12.5. The van der Waals surface area contributed by atoms with Crippen molar-refractivity contribution in [2.45, 2.75) is 63.6 Å². The molecule has 0 saturated carbocycles. The van der Waals surface area contributed by atoms with Gasteiger partial charge in [-0.25, -0.2) is 0 Å². The summed E-state index contributed by atoms with van der Waals surface area (Å²) in [6, 6.07) is 9.50. The van der Waals surface area contributed by atoms with Gasteiger partial charge in [-0.15, -0.1) is 11.3 Å². The summed E-state index contributed by atoms with van der Waals surface area (Å²) < 4.78 is 48.8. The highest BCUT2D eigenvalue weighted by molar-refractivity contribution is 7.51. The zero-order chi connectivity index (χ0) is 22.4. The van der Waals surface area contributed by atoms with E-state index in [9.17, 15) is 17.7 Å². The fourth-order valence-corrected chi connectivity index (χ4v) is 4.98. The molecule has 0 aliphatic carbocycles. The highest BCUT2D eigenvalue weighted by Crippen LogP contribution is 2.37. The predicted octanol–water partition coefficient (Wildman–Crippen LogP) is 5.55. The van der Waals surface area contributed by atoms with Crippen LogP contribution in [0.1, 0.15) is 53.5 Å². The molecular weight excluding hydrogens is 434 g/mol. The lowest BCUT2D eigenvalue weighted by molar-refractivity contribution is -0.137. The lowest BCUT2D eigenvalue weighted by Crippen LogP contribution is -2.37. The summed E-state index contributed by atoms with van der Waals surface area (Å²) in [6.07, 6.45) is 0.736.